The van der Waals surface area contributed by atoms with Gasteiger partial charge >= 0.3 is 5.97 Å². The molecule has 0 spiro atoms. The van der Waals surface area contributed by atoms with E-state index in [-0.39, 0.29) is 23.5 Å². The molecule has 0 fully saturated rings. The van der Waals surface area contributed by atoms with Crippen LogP contribution in [0, 0.1) is 0 Å². The quantitative estimate of drug-likeness (QED) is 0.528. The van der Waals surface area contributed by atoms with Crippen molar-refractivity contribution in [3.8, 4) is 0 Å². The fraction of sp³-hybridized carbons (Fsp3) is 0.444. The summed E-state index contributed by atoms with van der Waals surface area (Å²) >= 11 is 6.69. The maximum atomic E-state index is 13.2. The molecule has 0 bridgehead atoms. The largest absolute Gasteiger partial charge is 0.465 e. The number of carbonyl (C=O) groups is 1. The highest BCUT2D eigenvalue weighted by Gasteiger charge is 2.34. The molecule has 1 heterocycles. The van der Waals surface area contributed by atoms with Crippen LogP contribution >= 0.6 is 31.9 Å². The summed E-state index contributed by atoms with van der Waals surface area (Å²) in [4.78, 5) is 12.0. The Bertz CT molecular complexity index is 970. The topological polar surface area (TPSA) is 81.5 Å². The van der Waals surface area contributed by atoms with Crippen molar-refractivity contribution in [2.75, 3.05) is 13.7 Å². The minimum Gasteiger partial charge on any atom is -0.465 e. The maximum Gasteiger partial charge on any atom is 0.327 e. The van der Waals surface area contributed by atoms with Gasteiger partial charge in [-0.1, -0.05) is 31.9 Å². The zero-order valence-electron chi connectivity index (χ0n) is 15.6. The predicted octanol–water partition coefficient (Wildman–Crippen LogP) is 3.67. The average Bonchev–Trinajstić information content (AvgIpc) is 3.03. The number of sulfonamides is 1. The second kappa shape index (κ2) is 8.64. The lowest BCUT2D eigenvalue weighted by atomic mass is 9.93. The van der Waals surface area contributed by atoms with Gasteiger partial charge in [-0.25, -0.2) is 8.42 Å². The third kappa shape index (κ3) is 4.34. The molecular weight excluding hydrogens is 514 g/mol. The highest BCUT2D eigenvalue weighted by molar-refractivity contribution is 9.11. The average molecular weight is 535 g/mol. The van der Waals surface area contributed by atoms with E-state index in [9.17, 15) is 13.2 Å². The van der Waals surface area contributed by atoms with Crippen molar-refractivity contribution in [3.05, 3.63) is 44.6 Å². The van der Waals surface area contributed by atoms with Crippen LogP contribution in [0.25, 0.3) is 0 Å². The van der Waals surface area contributed by atoms with Gasteiger partial charge in [-0.2, -0.15) is 9.40 Å². The van der Waals surface area contributed by atoms with E-state index >= 15 is 0 Å². The minimum atomic E-state index is -3.70. The Morgan fingerprint density at radius 3 is 2.64 bits per heavy atom. The lowest BCUT2D eigenvalue weighted by molar-refractivity contribution is -0.144. The first-order valence-electron chi connectivity index (χ1n) is 8.88. The van der Waals surface area contributed by atoms with Crippen LogP contribution in [-0.4, -0.2) is 42.1 Å². The number of nitrogens with zero attached hydrogens (tertiary/aromatic N) is 3. The Kier molecular flexibility index (Phi) is 6.63. The van der Waals surface area contributed by atoms with Crippen molar-refractivity contribution in [2.24, 2.45) is 0 Å². The minimum absolute atomic E-state index is 0.0327. The van der Waals surface area contributed by atoms with Gasteiger partial charge in [0.25, 0.3) is 0 Å². The smallest absolute Gasteiger partial charge is 0.327 e. The molecule has 1 aromatic carbocycles. The number of halogens is 2. The van der Waals surface area contributed by atoms with Gasteiger partial charge in [0.2, 0.25) is 10.0 Å². The summed E-state index contributed by atoms with van der Waals surface area (Å²) < 4.78 is 35.8. The van der Waals surface area contributed by atoms with Gasteiger partial charge in [0.05, 0.1) is 23.7 Å². The molecule has 0 saturated heterocycles. The van der Waals surface area contributed by atoms with Crippen LogP contribution in [0.15, 0.2) is 38.2 Å². The second-order valence-electron chi connectivity index (χ2n) is 6.54. The third-order valence-electron chi connectivity index (χ3n) is 4.77. The summed E-state index contributed by atoms with van der Waals surface area (Å²) in [6, 6.07) is 4.63. The van der Waals surface area contributed by atoms with Crippen molar-refractivity contribution in [2.45, 2.75) is 43.7 Å². The summed E-state index contributed by atoms with van der Waals surface area (Å²) in [5.74, 6) is -0.351. The van der Waals surface area contributed by atoms with Gasteiger partial charge in [-0.15, -0.1) is 0 Å². The summed E-state index contributed by atoms with van der Waals surface area (Å²) in [5.41, 5.74) is 1.73. The van der Waals surface area contributed by atoms with E-state index in [2.05, 4.69) is 37.0 Å². The number of benzene rings is 1. The molecule has 1 atom stereocenters. The number of ether oxygens (including phenoxy) is 1. The lowest BCUT2D eigenvalue weighted by Gasteiger charge is -2.31. The standard InChI is InChI=1S/C18H21Br2N3O4S/c1-3-27-18(24)11-23-17-6-4-5-16(15(17)10-21-23)22(2)28(25,26)14-8-12(19)7-13(20)9-14/h7-10,16H,3-6,11H2,1-2H3. The van der Waals surface area contributed by atoms with Gasteiger partial charge < -0.3 is 4.74 Å². The first-order chi connectivity index (χ1) is 13.2. The van der Waals surface area contributed by atoms with Gasteiger partial charge in [-0.3, -0.25) is 9.48 Å². The molecule has 0 N–H and O–H groups in total. The summed E-state index contributed by atoms with van der Waals surface area (Å²) in [5, 5.41) is 4.32. The summed E-state index contributed by atoms with van der Waals surface area (Å²) in [6.07, 6.45) is 3.93. The molecule has 1 aromatic heterocycles. The van der Waals surface area contributed by atoms with Gasteiger partial charge in [-0.05, 0) is 44.4 Å². The Hall–Kier alpha value is -1.23. The number of fused-ring (bicyclic) bond motifs is 1. The highest BCUT2D eigenvalue weighted by atomic mass is 79.9. The van der Waals surface area contributed by atoms with E-state index < -0.39 is 10.0 Å². The first kappa shape index (κ1) is 21.5. The van der Waals surface area contributed by atoms with Gasteiger partial charge in [0, 0.05) is 27.3 Å². The molecule has 0 radical (unpaired) electrons. The fourth-order valence-corrected chi connectivity index (χ4v) is 6.48. The zero-order valence-corrected chi connectivity index (χ0v) is 19.5. The van der Waals surface area contributed by atoms with Crippen molar-refractivity contribution < 1.29 is 17.9 Å². The van der Waals surface area contributed by atoms with E-state index in [1.165, 1.54) is 4.31 Å². The van der Waals surface area contributed by atoms with E-state index in [1.807, 2.05) is 0 Å². The lowest BCUT2D eigenvalue weighted by Crippen LogP contribution is -2.33. The number of rotatable bonds is 6. The van der Waals surface area contributed by atoms with Crippen LogP contribution in [0.1, 0.15) is 37.1 Å². The predicted molar refractivity (Wildman–Crippen MR) is 111 cm³/mol. The van der Waals surface area contributed by atoms with Crippen LogP contribution in [0.2, 0.25) is 0 Å². The van der Waals surface area contributed by atoms with Crippen molar-refractivity contribution in [3.63, 3.8) is 0 Å². The summed E-state index contributed by atoms with van der Waals surface area (Å²) in [6.45, 7) is 2.10. The van der Waals surface area contributed by atoms with E-state index in [4.69, 9.17) is 4.74 Å². The van der Waals surface area contributed by atoms with Crippen LogP contribution < -0.4 is 0 Å². The number of esters is 1. The van der Waals surface area contributed by atoms with Crippen LogP contribution in [0.5, 0.6) is 0 Å². The van der Waals surface area contributed by atoms with E-state index in [0.29, 0.717) is 22.0 Å². The molecule has 1 aliphatic carbocycles. The molecule has 28 heavy (non-hydrogen) atoms. The normalized spacial score (nSPS) is 16.8. The fourth-order valence-electron chi connectivity index (χ4n) is 3.45. The van der Waals surface area contributed by atoms with Gasteiger partial charge in [0.1, 0.15) is 6.54 Å². The SMILES string of the molecule is CCOC(=O)Cn1ncc2c1CCCC2N(C)S(=O)(=O)c1cc(Br)cc(Br)c1. The molecule has 3 rings (SSSR count). The molecule has 0 aliphatic heterocycles. The Balaban J connectivity index is 1.91. The van der Waals surface area contributed by atoms with Crippen molar-refractivity contribution in [1.29, 1.82) is 0 Å². The molecular formula is C18H21Br2N3O4S. The molecule has 7 nitrogen and oxygen atoms in total. The van der Waals surface area contributed by atoms with Crippen LogP contribution in [-0.2, 0) is 32.5 Å². The molecule has 0 saturated carbocycles. The maximum absolute atomic E-state index is 13.2. The van der Waals surface area contributed by atoms with Gasteiger partial charge in [0.15, 0.2) is 0 Å². The number of aromatic nitrogens is 2. The van der Waals surface area contributed by atoms with E-state index in [1.54, 1.807) is 43.0 Å². The number of hydrogen-bond donors (Lipinski definition) is 0. The Morgan fingerprint density at radius 2 is 2.00 bits per heavy atom. The Labute approximate surface area is 181 Å². The Morgan fingerprint density at radius 1 is 1.32 bits per heavy atom. The van der Waals surface area contributed by atoms with Crippen molar-refractivity contribution >= 4 is 47.9 Å². The number of hydrogen-bond acceptors (Lipinski definition) is 5. The second-order valence-corrected chi connectivity index (χ2v) is 10.4. The molecule has 152 valence electrons. The van der Waals surface area contributed by atoms with E-state index in [0.717, 1.165) is 24.1 Å². The van der Waals surface area contributed by atoms with Crippen LogP contribution in [0.3, 0.4) is 0 Å². The molecule has 1 aliphatic rings. The molecule has 1 unspecified atom stereocenters. The third-order valence-corrected chi connectivity index (χ3v) is 7.53. The van der Waals surface area contributed by atoms with Crippen molar-refractivity contribution in [1.82, 2.24) is 14.1 Å². The monoisotopic (exact) mass is 533 g/mol. The number of carbonyl (C=O) groups excluding carboxylic acids is 1. The zero-order chi connectivity index (χ0) is 20.5. The molecule has 0 amide bonds. The van der Waals surface area contributed by atoms with Crippen LogP contribution in [0.4, 0.5) is 0 Å². The molecule has 2 aromatic rings. The molecule has 10 heteroatoms. The first-order valence-corrected chi connectivity index (χ1v) is 11.9. The summed E-state index contributed by atoms with van der Waals surface area (Å²) in [7, 11) is -2.11. The highest BCUT2D eigenvalue weighted by Crippen LogP contribution is 2.37.